The van der Waals surface area contributed by atoms with Gasteiger partial charge in [0.1, 0.15) is 0 Å². The molecule has 2 nitrogen and oxygen atoms in total. The molecular weight excluding hydrogens is 176 g/mol. The number of unbranched alkanes of at least 4 members (excludes halogenated alkanes) is 1. The maximum atomic E-state index is 11.0. The summed E-state index contributed by atoms with van der Waals surface area (Å²) in [6.45, 7) is 4.55. The first-order valence-corrected chi connectivity index (χ1v) is 4.94. The fourth-order valence-electron chi connectivity index (χ4n) is 0.714. The number of alkyl halides is 1. The van der Waals surface area contributed by atoms with Gasteiger partial charge in [-0.2, -0.15) is 0 Å². The SMILES string of the molecule is CCCCOC(=O)CC(Cl)CC. The molecule has 0 aromatic heterocycles. The van der Waals surface area contributed by atoms with Crippen LogP contribution >= 0.6 is 11.6 Å². The van der Waals surface area contributed by atoms with Crippen molar-refractivity contribution in [2.24, 2.45) is 0 Å². The van der Waals surface area contributed by atoms with Gasteiger partial charge in [-0.3, -0.25) is 4.79 Å². The highest BCUT2D eigenvalue weighted by atomic mass is 35.5. The molecule has 3 heteroatoms. The standard InChI is InChI=1S/C9H17ClO2/c1-3-5-6-12-9(11)7-8(10)4-2/h8H,3-7H2,1-2H3. The van der Waals surface area contributed by atoms with Crippen molar-refractivity contribution in [1.29, 1.82) is 0 Å². The van der Waals surface area contributed by atoms with E-state index in [-0.39, 0.29) is 11.3 Å². The lowest BCUT2D eigenvalue weighted by molar-refractivity contribution is -0.143. The van der Waals surface area contributed by atoms with E-state index in [0.29, 0.717) is 13.0 Å². The van der Waals surface area contributed by atoms with Gasteiger partial charge >= 0.3 is 5.97 Å². The van der Waals surface area contributed by atoms with Gasteiger partial charge in [-0.15, -0.1) is 11.6 Å². The minimum absolute atomic E-state index is 0.0703. The summed E-state index contributed by atoms with van der Waals surface area (Å²) in [4.78, 5) is 11.0. The maximum absolute atomic E-state index is 11.0. The Morgan fingerprint density at radius 1 is 1.50 bits per heavy atom. The van der Waals surface area contributed by atoms with Crippen LogP contribution in [0, 0.1) is 0 Å². The van der Waals surface area contributed by atoms with Crippen molar-refractivity contribution in [3.8, 4) is 0 Å². The Morgan fingerprint density at radius 3 is 2.67 bits per heavy atom. The minimum Gasteiger partial charge on any atom is -0.466 e. The molecule has 12 heavy (non-hydrogen) atoms. The van der Waals surface area contributed by atoms with Gasteiger partial charge in [0.15, 0.2) is 0 Å². The lowest BCUT2D eigenvalue weighted by Gasteiger charge is -2.06. The van der Waals surface area contributed by atoms with Gasteiger partial charge in [-0.25, -0.2) is 0 Å². The molecule has 0 fully saturated rings. The van der Waals surface area contributed by atoms with Crippen molar-refractivity contribution in [3.63, 3.8) is 0 Å². The zero-order valence-corrected chi connectivity index (χ0v) is 8.56. The smallest absolute Gasteiger partial charge is 0.307 e. The second kappa shape index (κ2) is 7.41. The van der Waals surface area contributed by atoms with Crippen molar-refractivity contribution in [3.05, 3.63) is 0 Å². The number of ether oxygens (including phenoxy) is 1. The lowest BCUT2D eigenvalue weighted by Crippen LogP contribution is -2.11. The second-order valence-electron chi connectivity index (χ2n) is 2.78. The van der Waals surface area contributed by atoms with Crippen LogP contribution in [0.5, 0.6) is 0 Å². The van der Waals surface area contributed by atoms with Gasteiger partial charge in [-0.05, 0) is 12.8 Å². The summed E-state index contributed by atoms with van der Waals surface area (Å²) in [5, 5.41) is -0.0703. The molecule has 1 unspecified atom stereocenters. The van der Waals surface area contributed by atoms with Gasteiger partial charge in [0, 0.05) is 5.38 Å². The summed E-state index contributed by atoms with van der Waals surface area (Å²) in [6, 6.07) is 0. The molecule has 1 atom stereocenters. The van der Waals surface area contributed by atoms with E-state index < -0.39 is 0 Å². The molecule has 0 N–H and O–H groups in total. The number of hydrogen-bond acceptors (Lipinski definition) is 2. The van der Waals surface area contributed by atoms with Crippen LogP contribution in [0.15, 0.2) is 0 Å². The number of hydrogen-bond donors (Lipinski definition) is 0. The third-order valence-corrected chi connectivity index (χ3v) is 2.05. The molecule has 0 aromatic rings. The van der Waals surface area contributed by atoms with Gasteiger partial charge in [0.25, 0.3) is 0 Å². The number of carbonyl (C=O) groups is 1. The summed E-state index contributed by atoms with van der Waals surface area (Å²) in [5.41, 5.74) is 0. The molecule has 0 aromatic carbocycles. The quantitative estimate of drug-likeness (QED) is 0.368. The molecule has 72 valence electrons. The summed E-state index contributed by atoms with van der Waals surface area (Å²) in [7, 11) is 0. The number of esters is 1. The molecule has 0 aliphatic heterocycles. The Bertz CT molecular complexity index is 126. The monoisotopic (exact) mass is 192 g/mol. The summed E-state index contributed by atoms with van der Waals surface area (Å²) in [6.07, 6.45) is 3.13. The van der Waals surface area contributed by atoms with Crippen LogP contribution in [0.1, 0.15) is 39.5 Å². The van der Waals surface area contributed by atoms with Crippen molar-refractivity contribution in [2.75, 3.05) is 6.61 Å². The fraction of sp³-hybridized carbons (Fsp3) is 0.889. The first-order valence-electron chi connectivity index (χ1n) is 4.50. The molecule has 0 radical (unpaired) electrons. The first-order chi connectivity index (χ1) is 5.70. The molecule has 0 aliphatic carbocycles. The van der Waals surface area contributed by atoms with Crippen LogP contribution in [-0.4, -0.2) is 18.0 Å². The Hall–Kier alpha value is -0.240. The van der Waals surface area contributed by atoms with Gasteiger partial charge in [0.05, 0.1) is 13.0 Å². The molecule has 0 heterocycles. The van der Waals surface area contributed by atoms with E-state index in [0.717, 1.165) is 19.3 Å². The average molecular weight is 193 g/mol. The van der Waals surface area contributed by atoms with Crippen molar-refractivity contribution in [1.82, 2.24) is 0 Å². The maximum Gasteiger partial charge on any atom is 0.307 e. The van der Waals surface area contributed by atoms with E-state index in [2.05, 4.69) is 6.92 Å². The second-order valence-corrected chi connectivity index (χ2v) is 3.40. The molecule has 0 amide bonds. The van der Waals surface area contributed by atoms with E-state index in [1.54, 1.807) is 0 Å². The van der Waals surface area contributed by atoms with Crippen LogP contribution in [0.4, 0.5) is 0 Å². The Kier molecular flexibility index (Phi) is 7.26. The van der Waals surface area contributed by atoms with Crippen molar-refractivity contribution in [2.45, 2.75) is 44.9 Å². The molecular formula is C9H17ClO2. The number of rotatable bonds is 6. The van der Waals surface area contributed by atoms with Crippen LogP contribution in [0.3, 0.4) is 0 Å². The minimum atomic E-state index is -0.176. The summed E-state index contributed by atoms with van der Waals surface area (Å²) in [5.74, 6) is -0.176. The molecule has 0 saturated carbocycles. The Morgan fingerprint density at radius 2 is 2.17 bits per heavy atom. The molecule has 0 aliphatic rings. The molecule has 0 bridgehead atoms. The zero-order chi connectivity index (χ0) is 9.40. The fourth-order valence-corrected chi connectivity index (χ4v) is 0.840. The van der Waals surface area contributed by atoms with Crippen molar-refractivity contribution < 1.29 is 9.53 Å². The van der Waals surface area contributed by atoms with Crippen LogP contribution in [-0.2, 0) is 9.53 Å². The third kappa shape index (κ3) is 6.47. The Labute approximate surface area is 79.2 Å². The Balaban J connectivity index is 3.33. The van der Waals surface area contributed by atoms with Crippen LogP contribution < -0.4 is 0 Å². The third-order valence-electron chi connectivity index (χ3n) is 1.59. The highest BCUT2D eigenvalue weighted by Crippen LogP contribution is 2.07. The van der Waals surface area contributed by atoms with E-state index in [1.807, 2.05) is 6.92 Å². The number of carbonyl (C=O) groups excluding carboxylic acids is 1. The van der Waals surface area contributed by atoms with E-state index in [1.165, 1.54) is 0 Å². The van der Waals surface area contributed by atoms with Crippen LogP contribution in [0.25, 0.3) is 0 Å². The summed E-state index contributed by atoms with van der Waals surface area (Å²) < 4.78 is 4.93. The predicted octanol–water partition coefficient (Wildman–Crippen LogP) is 2.74. The number of halogens is 1. The first kappa shape index (κ1) is 11.8. The van der Waals surface area contributed by atoms with E-state index in [9.17, 15) is 4.79 Å². The van der Waals surface area contributed by atoms with Gasteiger partial charge in [-0.1, -0.05) is 20.3 Å². The van der Waals surface area contributed by atoms with E-state index >= 15 is 0 Å². The highest BCUT2D eigenvalue weighted by molar-refractivity contribution is 6.21. The van der Waals surface area contributed by atoms with Gasteiger partial charge in [0.2, 0.25) is 0 Å². The lowest BCUT2D eigenvalue weighted by atomic mass is 10.2. The van der Waals surface area contributed by atoms with E-state index in [4.69, 9.17) is 16.3 Å². The summed E-state index contributed by atoms with van der Waals surface area (Å²) >= 11 is 5.77. The van der Waals surface area contributed by atoms with Crippen LogP contribution in [0.2, 0.25) is 0 Å². The topological polar surface area (TPSA) is 26.3 Å². The van der Waals surface area contributed by atoms with Gasteiger partial charge < -0.3 is 4.74 Å². The zero-order valence-electron chi connectivity index (χ0n) is 7.81. The predicted molar refractivity (Wildman–Crippen MR) is 50.4 cm³/mol. The largest absolute Gasteiger partial charge is 0.466 e. The molecule has 0 rings (SSSR count). The molecule has 0 spiro atoms. The van der Waals surface area contributed by atoms with Crippen molar-refractivity contribution >= 4 is 17.6 Å². The highest BCUT2D eigenvalue weighted by Gasteiger charge is 2.09. The molecule has 0 saturated heterocycles. The normalized spacial score (nSPS) is 12.6. The average Bonchev–Trinajstić information content (AvgIpc) is 2.05.